The first-order valence-corrected chi connectivity index (χ1v) is 8.50. The zero-order valence-electron chi connectivity index (χ0n) is 14.0. The van der Waals surface area contributed by atoms with Gasteiger partial charge in [0, 0.05) is 25.6 Å². The van der Waals surface area contributed by atoms with Gasteiger partial charge in [0.2, 0.25) is 5.91 Å². The van der Waals surface area contributed by atoms with Gasteiger partial charge in [-0.3, -0.25) is 9.78 Å². The largest absolute Gasteiger partial charge is 0.372 e. The van der Waals surface area contributed by atoms with Crippen LogP contribution in [0, 0.1) is 5.92 Å². The van der Waals surface area contributed by atoms with Crippen molar-refractivity contribution >= 4 is 5.91 Å². The van der Waals surface area contributed by atoms with Gasteiger partial charge in [0.25, 0.3) is 0 Å². The number of likely N-dealkylation sites (tertiary alicyclic amines) is 1. The molecular weight excluding hydrogens is 292 g/mol. The third-order valence-electron chi connectivity index (χ3n) is 4.53. The van der Waals surface area contributed by atoms with E-state index < -0.39 is 0 Å². The minimum Gasteiger partial charge on any atom is -0.372 e. The molecule has 126 valence electrons. The Kier molecular flexibility index (Phi) is 4.97. The summed E-state index contributed by atoms with van der Waals surface area (Å²) in [6.45, 7) is 6.82. The van der Waals surface area contributed by atoms with Crippen LogP contribution in [0.2, 0.25) is 0 Å². The highest BCUT2D eigenvalue weighted by Gasteiger charge is 2.49. The first-order chi connectivity index (χ1) is 11.1. The fourth-order valence-corrected chi connectivity index (χ4v) is 3.34. The van der Waals surface area contributed by atoms with E-state index in [1.807, 2.05) is 23.1 Å². The van der Waals surface area contributed by atoms with Gasteiger partial charge in [0.1, 0.15) is 5.60 Å². The molecule has 2 aliphatic heterocycles. The van der Waals surface area contributed by atoms with Crippen molar-refractivity contribution in [3.05, 3.63) is 30.1 Å². The Bertz CT molecular complexity index is 526. The summed E-state index contributed by atoms with van der Waals surface area (Å²) in [5.41, 5.74) is 0.773. The van der Waals surface area contributed by atoms with Crippen LogP contribution in [-0.4, -0.2) is 47.2 Å². The van der Waals surface area contributed by atoms with Crippen LogP contribution in [0.5, 0.6) is 0 Å². The lowest BCUT2D eigenvalue weighted by atomic mass is 9.84. The number of hydrogen-bond donors (Lipinski definition) is 0. The highest BCUT2D eigenvalue weighted by Crippen LogP contribution is 2.36. The van der Waals surface area contributed by atoms with E-state index >= 15 is 0 Å². The van der Waals surface area contributed by atoms with Crippen LogP contribution in [0.4, 0.5) is 0 Å². The molecule has 2 saturated heterocycles. The van der Waals surface area contributed by atoms with E-state index in [4.69, 9.17) is 9.47 Å². The van der Waals surface area contributed by atoms with E-state index in [9.17, 15) is 4.79 Å². The van der Waals surface area contributed by atoms with Crippen LogP contribution in [-0.2, 0) is 20.9 Å². The molecule has 5 heteroatoms. The molecule has 1 amide bonds. The first kappa shape index (κ1) is 16.4. The normalized spacial score (nSPS) is 23.1. The van der Waals surface area contributed by atoms with Gasteiger partial charge in [-0.15, -0.1) is 0 Å². The number of amides is 1. The Hall–Kier alpha value is -1.46. The van der Waals surface area contributed by atoms with Crippen molar-refractivity contribution in [1.29, 1.82) is 0 Å². The van der Waals surface area contributed by atoms with Gasteiger partial charge in [0.15, 0.2) is 0 Å². The number of pyridine rings is 1. The van der Waals surface area contributed by atoms with Crippen molar-refractivity contribution in [2.75, 3.05) is 19.7 Å². The molecule has 23 heavy (non-hydrogen) atoms. The fraction of sp³-hybridized carbons (Fsp3) is 0.667. The van der Waals surface area contributed by atoms with E-state index in [1.54, 1.807) is 6.20 Å². The van der Waals surface area contributed by atoms with E-state index in [-0.39, 0.29) is 17.6 Å². The lowest BCUT2D eigenvalue weighted by molar-refractivity contribution is -0.203. The van der Waals surface area contributed by atoms with Gasteiger partial charge in [-0.05, 0) is 24.5 Å². The van der Waals surface area contributed by atoms with Crippen LogP contribution in [0.1, 0.15) is 38.8 Å². The van der Waals surface area contributed by atoms with Crippen LogP contribution in [0.25, 0.3) is 0 Å². The van der Waals surface area contributed by atoms with E-state index in [2.05, 4.69) is 18.8 Å². The molecular formula is C18H26N2O3. The van der Waals surface area contributed by atoms with Crippen molar-refractivity contribution in [2.24, 2.45) is 5.92 Å². The van der Waals surface area contributed by atoms with Crippen molar-refractivity contribution in [3.63, 3.8) is 0 Å². The Labute approximate surface area is 138 Å². The van der Waals surface area contributed by atoms with Gasteiger partial charge in [-0.25, -0.2) is 0 Å². The third kappa shape index (κ3) is 4.09. The van der Waals surface area contributed by atoms with Crippen molar-refractivity contribution in [1.82, 2.24) is 9.88 Å². The van der Waals surface area contributed by atoms with Crippen molar-refractivity contribution in [2.45, 2.75) is 51.4 Å². The number of hydrogen-bond acceptors (Lipinski definition) is 4. The Morgan fingerprint density at radius 1 is 1.48 bits per heavy atom. The van der Waals surface area contributed by atoms with Crippen molar-refractivity contribution in [3.8, 4) is 0 Å². The summed E-state index contributed by atoms with van der Waals surface area (Å²) in [5, 5.41) is 0. The van der Waals surface area contributed by atoms with Crippen LogP contribution < -0.4 is 0 Å². The summed E-state index contributed by atoms with van der Waals surface area (Å²) < 4.78 is 12.0. The fourth-order valence-electron chi connectivity index (χ4n) is 3.34. The number of rotatable bonds is 5. The van der Waals surface area contributed by atoms with Gasteiger partial charge < -0.3 is 14.4 Å². The van der Waals surface area contributed by atoms with Crippen LogP contribution in [0.3, 0.4) is 0 Å². The van der Waals surface area contributed by atoms with Gasteiger partial charge in [-0.1, -0.05) is 19.9 Å². The highest BCUT2D eigenvalue weighted by molar-refractivity contribution is 5.77. The molecule has 2 aliphatic rings. The zero-order valence-corrected chi connectivity index (χ0v) is 14.0. The molecule has 2 fully saturated rings. The maximum absolute atomic E-state index is 12.1. The van der Waals surface area contributed by atoms with E-state index in [0.29, 0.717) is 38.6 Å². The standard InChI is InChI=1S/C18H26N2O3/c1-14(2)9-17(21)20-12-18(13-20)10-16(6-8-23-18)22-11-15-5-3-4-7-19-15/h3-5,7,14,16H,6,8-13H2,1-2H3/t16-/m1/s1. The summed E-state index contributed by atoms with van der Waals surface area (Å²) in [6, 6.07) is 5.86. The molecule has 0 aliphatic carbocycles. The summed E-state index contributed by atoms with van der Waals surface area (Å²) in [4.78, 5) is 18.3. The molecule has 0 unspecified atom stereocenters. The van der Waals surface area contributed by atoms with E-state index in [0.717, 1.165) is 18.5 Å². The number of carbonyl (C=O) groups is 1. The third-order valence-corrected chi connectivity index (χ3v) is 4.53. The van der Waals surface area contributed by atoms with Crippen molar-refractivity contribution < 1.29 is 14.3 Å². The zero-order chi connectivity index (χ0) is 16.3. The summed E-state index contributed by atoms with van der Waals surface area (Å²) in [6.07, 6.45) is 4.37. The number of carbonyl (C=O) groups excluding carboxylic acids is 1. The second kappa shape index (κ2) is 6.97. The summed E-state index contributed by atoms with van der Waals surface area (Å²) >= 11 is 0. The minimum atomic E-state index is -0.181. The Balaban J connectivity index is 1.47. The monoisotopic (exact) mass is 318 g/mol. The minimum absolute atomic E-state index is 0.181. The van der Waals surface area contributed by atoms with Gasteiger partial charge in [-0.2, -0.15) is 0 Å². The average Bonchev–Trinajstić information content (AvgIpc) is 2.51. The smallest absolute Gasteiger partial charge is 0.223 e. The quantitative estimate of drug-likeness (QED) is 0.836. The molecule has 3 heterocycles. The predicted molar refractivity (Wildman–Crippen MR) is 86.8 cm³/mol. The molecule has 0 saturated carbocycles. The second-order valence-corrected chi connectivity index (χ2v) is 7.13. The molecule has 1 aromatic heterocycles. The molecule has 3 rings (SSSR count). The van der Waals surface area contributed by atoms with E-state index in [1.165, 1.54) is 0 Å². The summed E-state index contributed by atoms with van der Waals surface area (Å²) in [5.74, 6) is 0.645. The maximum Gasteiger partial charge on any atom is 0.223 e. The lowest BCUT2D eigenvalue weighted by Gasteiger charge is -2.53. The highest BCUT2D eigenvalue weighted by atomic mass is 16.5. The van der Waals surface area contributed by atoms with Gasteiger partial charge >= 0.3 is 0 Å². The molecule has 1 spiro atoms. The molecule has 5 nitrogen and oxygen atoms in total. The van der Waals surface area contributed by atoms with Gasteiger partial charge in [0.05, 0.1) is 31.5 Å². The predicted octanol–water partition coefficient (Wildman–Crippen LogP) is 2.40. The maximum atomic E-state index is 12.1. The topological polar surface area (TPSA) is 51.7 Å². The molecule has 0 bridgehead atoms. The van der Waals surface area contributed by atoms with Crippen LogP contribution >= 0.6 is 0 Å². The average molecular weight is 318 g/mol. The molecule has 1 atom stereocenters. The molecule has 0 N–H and O–H groups in total. The Morgan fingerprint density at radius 3 is 3.00 bits per heavy atom. The summed E-state index contributed by atoms with van der Waals surface area (Å²) in [7, 11) is 0. The van der Waals surface area contributed by atoms with Crippen LogP contribution in [0.15, 0.2) is 24.4 Å². The number of nitrogens with zero attached hydrogens (tertiary/aromatic N) is 2. The Morgan fingerprint density at radius 2 is 2.30 bits per heavy atom. The first-order valence-electron chi connectivity index (χ1n) is 8.50. The number of aromatic nitrogens is 1. The molecule has 0 radical (unpaired) electrons. The molecule has 1 aromatic rings. The lowest BCUT2D eigenvalue weighted by Crippen LogP contribution is -2.67. The SMILES string of the molecule is CC(C)CC(=O)N1CC2(C[C@H](OCc3ccccn3)CCO2)C1. The second-order valence-electron chi connectivity index (χ2n) is 7.13. The number of ether oxygens (including phenoxy) is 2. The molecule has 0 aromatic carbocycles.